The molecule has 1 aromatic heterocycles. The molecule has 2 rings (SSSR count). The Labute approximate surface area is 117 Å². The van der Waals surface area contributed by atoms with Crippen molar-refractivity contribution in [2.75, 3.05) is 5.88 Å². The van der Waals surface area contributed by atoms with Gasteiger partial charge in [0.1, 0.15) is 10.7 Å². The van der Waals surface area contributed by atoms with E-state index in [1.807, 2.05) is 25.1 Å². The minimum absolute atomic E-state index is 0.0270. The summed E-state index contributed by atoms with van der Waals surface area (Å²) in [5.74, 6) is -0.166. The highest BCUT2D eigenvalue weighted by Gasteiger charge is 2.11. The number of hydrogen-bond acceptors (Lipinski definition) is 3. The van der Waals surface area contributed by atoms with E-state index in [4.69, 9.17) is 11.6 Å². The zero-order valence-corrected chi connectivity index (χ0v) is 12.2. The van der Waals surface area contributed by atoms with Gasteiger partial charge in [0.25, 0.3) is 0 Å². The van der Waals surface area contributed by atoms with E-state index in [1.54, 1.807) is 5.38 Å². The summed E-state index contributed by atoms with van der Waals surface area (Å²) in [6, 6.07) is 6.01. The summed E-state index contributed by atoms with van der Waals surface area (Å²) in [5, 5.41) is 2.58. The van der Waals surface area contributed by atoms with Crippen molar-refractivity contribution in [1.82, 2.24) is 4.98 Å². The molecular formula is C12H9BrClNOS. The van der Waals surface area contributed by atoms with Crippen molar-refractivity contribution in [3.63, 3.8) is 0 Å². The van der Waals surface area contributed by atoms with Gasteiger partial charge in [-0.25, -0.2) is 4.98 Å². The number of hydrogen-bond donors (Lipinski definition) is 0. The lowest BCUT2D eigenvalue weighted by Gasteiger charge is -2.00. The van der Waals surface area contributed by atoms with Crippen LogP contribution in [0.15, 0.2) is 28.1 Å². The van der Waals surface area contributed by atoms with Crippen LogP contribution in [0.1, 0.15) is 16.1 Å². The number of thiazole rings is 1. The van der Waals surface area contributed by atoms with Crippen LogP contribution in [0.25, 0.3) is 10.6 Å². The van der Waals surface area contributed by atoms with Crippen molar-refractivity contribution in [2.24, 2.45) is 0 Å². The summed E-state index contributed by atoms with van der Waals surface area (Å²) in [5.41, 5.74) is 2.61. The van der Waals surface area contributed by atoms with E-state index in [1.165, 1.54) is 16.9 Å². The van der Waals surface area contributed by atoms with Gasteiger partial charge in [0.15, 0.2) is 5.78 Å². The van der Waals surface area contributed by atoms with Crippen molar-refractivity contribution in [3.05, 3.63) is 39.3 Å². The monoisotopic (exact) mass is 329 g/mol. The fourth-order valence-electron chi connectivity index (χ4n) is 1.33. The standard InChI is InChI=1S/C12H9BrClNOS/c1-7-2-3-8(4-9(7)13)12-15-10(6-17-12)11(16)5-14/h2-4,6H,5H2,1H3. The summed E-state index contributed by atoms with van der Waals surface area (Å²) < 4.78 is 1.04. The fourth-order valence-corrected chi connectivity index (χ4v) is 2.67. The van der Waals surface area contributed by atoms with Gasteiger partial charge in [0, 0.05) is 15.4 Å². The first-order valence-corrected chi connectivity index (χ1v) is 7.13. The number of rotatable bonds is 3. The molecule has 0 fully saturated rings. The normalized spacial score (nSPS) is 10.5. The lowest BCUT2D eigenvalue weighted by Crippen LogP contribution is -2.00. The van der Waals surface area contributed by atoms with Crippen LogP contribution in [0, 0.1) is 6.92 Å². The minimum Gasteiger partial charge on any atom is -0.291 e. The van der Waals surface area contributed by atoms with Gasteiger partial charge in [-0.05, 0) is 18.6 Å². The maximum atomic E-state index is 11.4. The van der Waals surface area contributed by atoms with Gasteiger partial charge in [-0.1, -0.05) is 28.1 Å². The molecule has 0 N–H and O–H groups in total. The highest BCUT2D eigenvalue weighted by Crippen LogP contribution is 2.28. The van der Waals surface area contributed by atoms with Crippen molar-refractivity contribution >= 4 is 44.7 Å². The molecular weight excluding hydrogens is 322 g/mol. The third kappa shape index (κ3) is 2.76. The van der Waals surface area contributed by atoms with E-state index >= 15 is 0 Å². The van der Waals surface area contributed by atoms with Crippen LogP contribution in [0.3, 0.4) is 0 Å². The molecule has 0 radical (unpaired) electrons. The average Bonchev–Trinajstić information content (AvgIpc) is 2.81. The Kier molecular flexibility index (Phi) is 3.97. The van der Waals surface area contributed by atoms with Crippen LogP contribution < -0.4 is 0 Å². The number of alkyl halides is 1. The maximum absolute atomic E-state index is 11.4. The summed E-state index contributed by atoms with van der Waals surface area (Å²) in [7, 11) is 0. The van der Waals surface area contributed by atoms with Crippen molar-refractivity contribution in [3.8, 4) is 10.6 Å². The quantitative estimate of drug-likeness (QED) is 0.620. The van der Waals surface area contributed by atoms with E-state index in [0.717, 1.165) is 15.0 Å². The van der Waals surface area contributed by atoms with Gasteiger partial charge in [0.05, 0.1) is 5.88 Å². The summed E-state index contributed by atoms with van der Waals surface area (Å²) >= 11 is 10.4. The van der Waals surface area contributed by atoms with Crippen LogP contribution in [0.5, 0.6) is 0 Å². The number of Topliss-reactive ketones (excluding diaryl/α,β-unsaturated/α-hetero) is 1. The van der Waals surface area contributed by atoms with Gasteiger partial charge >= 0.3 is 0 Å². The second kappa shape index (κ2) is 5.29. The molecule has 0 amide bonds. The third-order valence-electron chi connectivity index (χ3n) is 2.33. The second-order valence-electron chi connectivity index (χ2n) is 3.56. The van der Waals surface area contributed by atoms with E-state index in [-0.39, 0.29) is 11.7 Å². The first-order chi connectivity index (χ1) is 8.11. The molecule has 5 heteroatoms. The summed E-state index contributed by atoms with van der Waals surface area (Å²) in [4.78, 5) is 15.7. The van der Waals surface area contributed by atoms with Crippen molar-refractivity contribution in [1.29, 1.82) is 0 Å². The Morgan fingerprint density at radius 2 is 2.29 bits per heavy atom. The Bertz CT molecular complexity index is 567. The van der Waals surface area contributed by atoms with Gasteiger partial charge in [-0.2, -0.15) is 0 Å². The van der Waals surface area contributed by atoms with Crippen LogP contribution in [-0.2, 0) is 0 Å². The largest absolute Gasteiger partial charge is 0.291 e. The molecule has 1 aromatic carbocycles. The fraction of sp³-hybridized carbons (Fsp3) is 0.167. The second-order valence-corrected chi connectivity index (χ2v) is 5.54. The van der Waals surface area contributed by atoms with Crippen LogP contribution in [0.4, 0.5) is 0 Å². The first kappa shape index (κ1) is 12.7. The lowest BCUT2D eigenvalue weighted by molar-refractivity contribution is 0.101. The Balaban J connectivity index is 2.37. The third-order valence-corrected chi connectivity index (χ3v) is 4.32. The molecule has 2 nitrogen and oxygen atoms in total. The molecule has 0 aliphatic carbocycles. The van der Waals surface area contributed by atoms with E-state index in [9.17, 15) is 4.79 Å². The number of aromatic nitrogens is 1. The lowest BCUT2D eigenvalue weighted by atomic mass is 10.2. The van der Waals surface area contributed by atoms with E-state index in [2.05, 4.69) is 20.9 Å². The molecule has 0 bridgehead atoms. The molecule has 1 heterocycles. The zero-order chi connectivity index (χ0) is 12.4. The number of benzene rings is 1. The molecule has 0 aliphatic rings. The molecule has 17 heavy (non-hydrogen) atoms. The van der Waals surface area contributed by atoms with Crippen molar-refractivity contribution < 1.29 is 4.79 Å². The SMILES string of the molecule is Cc1ccc(-c2nc(C(=O)CCl)cs2)cc1Br. The van der Waals surface area contributed by atoms with Crippen LogP contribution in [0.2, 0.25) is 0 Å². The first-order valence-electron chi connectivity index (χ1n) is 4.93. The maximum Gasteiger partial charge on any atom is 0.196 e. The van der Waals surface area contributed by atoms with E-state index < -0.39 is 0 Å². The number of ketones is 1. The average molecular weight is 331 g/mol. The predicted molar refractivity (Wildman–Crippen MR) is 75.0 cm³/mol. The van der Waals surface area contributed by atoms with E-state index in [0.29, 0.717) is 5.69 Å². The summed E-state index contributed by atoms with van der Waals surface area (Å²) in [6.45, 7) is 2.03. The number of halogens is 2. The molecule has 0 saturated heterocycles. The van der Waals surface area contributed by atoms with Gasteiger partial charge < -0.3 is 0 Å². The Hall–Kier alpha value is -0.710. The molecule has 0 atom stereocenters. The highest BCUT2D eigenvalue weighted by molar-refractivity contribution is 9.10. The molecule has 0 saturated carbocycles. The van der Waals surface area contributed by atoms with Crippen LogP contribution >= 0.6 is 38.9 Å². The topological polar surface area (TPSA) is 30.0 Å². The molecule has 0 spiro atoms. The van der Waals surface area contributed by atoms with Gasteiger partial charge in [0.2, 0.25) is 0 Å². The zero-order valence-electron chi connectivity index (χ0n) is 9.04. The Morgan fingerprint density at radius 1 is 1.53 bits per heavy atom. The number of nitrogens with zero attached hydrogens (tertiary/aromatic N) is 1. The predicted octanol–water partition coefficient (Wildman–Crippen LogP) is 4.30. The van der Waals surface area contributed by atoms with Crippen LogP contribution in [-0.4, -0.2) is 16.6 Å². The number of carbonyl (C=O) groups excluding carboxylic acids is 1. The Morgan fingerprint density at radius 3 is 2.94 bits per heavy atom. The van der Waals surface area contributed by atoms with Gasteiger partial charge in [-0.15, -0.1) is 22.9 Å². The number of aryl methyl sites for hydroxylation is 1. The van der Waals surface area contributed by atoms with Crippen molar-refractivity contribution in [2.45, 2.75) is 6.92 Å². The molecule has 0 aliphatic heterocycles. The smallest absolute Gasteiger partial charge is 0.196 e. The highest BCUT2D eigenvalue weighted by atomic mass is 79.9. The summed E-state index contributed by atoms with van der Waals surface area (Å²) in [6.07, 6.45) is 0. The molecule has 2 aromatic rings. The number of carbonyl (C=O) groups is 1. The molecule has 88 valence electrons. The molecule has 0 unspecified atom stereocenters. The minimum atomic E-state index is -0.139. The van der Waals surface area contributed by atoms with Gasteiger partial charge in [-0.3, -0.25) is 4.79 Å².